The van der Waals surface area contributed by atoms with Crippen molar-refractivity contribution in [3.8, 4) is 6.07 Å². The first-order valence-corrected chi connectivity index (χ1v) is 7.26. The second kappa shape index (κ2) is 7.14. The first-order chi connectivity index (χ1) is 8.26. The van der Waals surface area contributed by atoms with E-state index in [2.05, 4.69) is 21.0 Å². The summed E-state index contributed by atoms with van der Waals surface area (Å²) in [6.07, 6.45) is 5.04. The van der Waals surface area contributed by atoms with Gasteiger partial charge >= 0.3 is 0 Å². The Kier molecular flexibility index (Phi) is 5.80. The van der Waals surface area contributed by atoms with Crippen LogP contribution in [0.5, 0.6) is 0 Å². The van der Waals surface area contributed by atoms with Crippen LogP contribution in [-0.2, 0) is 4.74 Å². The van der Waals surface area contributed by atoms with Gasteiger partial charge in [0.25, 0.3) is 0 Å². The molecule has 0 aromatic carbocycles. The van der Waals surface area contributed by atoms with Crippen molar-refractivity contribution >= 4 is 35.7 Å². The monoisotopic (exact) mass is 268 g/mol. The van der Waals surface area contributed by atoms with Gasteiger partial charge in [-0.1, -0.05) is 11.8 Å². The number of aliphatic imine (C=N–C) groups is 1. The van der Waals surface area contributed by atoms with Gasteiger partial charge in [0.05, 0.1) is 6.61 Å². The summed E-state index contributed by atoms with van der Waals surface area (Å²) in [6, 6.07) is 2.07. The Morgan fingerprint density at radius 2 is 2.18 bits per heavy atom. The molecule has 1 heterocycles. The summed E-state index contributed by atoms with van der Waals surface area (Å²) in [7, 11) is 0. The van der Waals surface area contributed by atoms with Crippen LogP contribution >= 0.6 is 23.5 Å². The van der Waals surface area contributed by atoms with Crippen LogP contribution < -0.4 is 0 Å². The number of rotatable bonds is 5. The van der Waals surface area contributed by atoms with E-state index in [9.17, 15) is 0 Å². The van der Waals surface area contributed by atoms with Crippen molar-refractivity contribution in [2.75, 3.05) is 19.1 Å². The maximum atomic E-state index is 9.09. The minimum Gasteiger partial charge on any atom is -0.483 e. The Hall–Kier alpha value is -1.26. The topological polar surface area (TPSA) is 71.2 Å². The first-order valence-electron chi connectivity index (χ1n) is 4.81. The molecule has 1 aromatic heterocycles. The standard InChI is InChI=1S/C10H12N4OS2/c1-4-15-6-12-8-7(5-11)9(16-2)14-10(13-8)17-3/h6H,4H2,1-3H3. The zero-order valence-electron chi connectivity index (χ0n) is 9.80. The summed E-state index contributed by atoms with van der Waals surface area (Å²) in [4.78, 5) is 12.5. The summed E-state index contributed by atoms with van der Waals surface area (Å²) in [6.45, 7) is 2.39. The molecule has 0 fully saturated rings. The van der Waals surface area contributed by atoms with Crippen molar-refractivity contribution in [1.82, 2.24) is 9.97 Å². The third-order valence-corrected chi connectivity index (χ3v) is 2.97. The van der Waals surface area contributed by atoms with E-state index >= 15 is 0 Å². The van der Waals surface area contributed by atoms with Gasteiger partial charge in [0.1, 0.15) is 16.7 Å². The number of nitrogens with zero attached hydrogens (tertiary/aromatic N) is 4. The molecule has 0 N–H and O–H groups in total. The molecule has 0 bridgehead atoms. The van der Waals surface area contributed by atoms with Crippen molar-refractivity contribution in [2.24, 2.45) is 4.99 Å². The summed E-state index contributed by atoms with van der Waals surface area (Å²) >= 11 is 2.81. The number of nitriles is 1. The summed E-state index contributed by atoms with van der Waals surface area (Å²) in [5.41, 5.74) is 0.381. The van der Waals surface area contributed by atoms with Crippen LogP contribution in [-0.4, -0.2) is 35.5 Å². The third-order valence-electron chi connectivity index (χ3n) is 1.74. The first kappa shape index (κ1) is 13.8. The van der Waals surface area contributed by atoms with Crippen LogP contribution in [0.3, 0.4) is 0 Å². The molecule has 0 aliphatic heterocycles. The second-order valence-electron chi connectivity index (χ2n) is 2.72. The van der Waals surface area contributed by atoms with E-state index in [0.29, 0.717) is 28.2 Å². The van der Waals surface area contributed by atoms with Crippen molar-refractivity contribution < 1.29 is 4.74 Å². The van der Waals surface area contributed by atoms with Gasteiger partial charge < -0.3 is 4.74 Å². The fourth-order valence-electron chi connectivity index (χ4n) is 1.00. The van der Waals surface area contributed by atoms with Gasteiger partial charge in [-0.05, 0) is 19.4 Å². The highest BCUT2D eigenvalue weighted by Crippen LogP contribution is 2.27. The second-order valence-corrected chi connectivity index (χ2v) is 4.29. The summed E-state index contributed by atoms with van der Waals surface area (Å²) in [5, 5.41) is 10.3. The zero-order valence-corrected chi connectivity index (χ0v) is 11.4. The lowest BCUT2D eigenvalue weighted by atomic mass is 10.3. The highest BCUT2D eigenvalue weighted by Gasteiger charge is 2.12. The number of aromatic nitrogens is 2. The molecule has 0 atom stereocenters. The molecule has 0 unspecified atom stereocenters. The SMILES string of the molecule is CCOC=Nc1nc(SC)nc(SC)c1C#N. The summed E-state index contributed by atoms with van der Waals surface area (Å²) in [5.74, 6) is 0.352. The van der Waals surface area contributed by atoms with Crippen LogP contribution in [0.2, 0.25) is 0 Å². The molecular weight excluding hydrogens is 256 g/mol. The maximum Gasteiger partial charge on any atom is 0.190 e. The molecule has 17 heavy (non-hydrogen) atoms. The molecule has 0 aliphatic carbocycles. The van der Waals surface area contributed by atoms with Crippen molar-refractivity contribution in [3.63, 3.8) is 0 Å². The molecule has 1 rings (SSSR count). The predicted molar refractivity (Wildman–Crippen MR) is 70.1 cm³/mol. The van der Waals surface area contributed by atoms with E-state index in [1.54, 1.807) is 0 Å². The average molecular weight is 268 g/mol. The van der Waals surface area contributed by atoms with Gasteiger partial charge in [0.15, 0.2) is 17.4 Å². The van der Waals surface area contributed by atoms with Gasteiger partial charge in [0, 0.05) is 0 Å². The van der Waals surface area contributed by atoms with E-state index in [4.69, 9.17) is 10.00 Å². The molecule has 0 aliphatic rings. The Balaban J connectivity index is 3.20. The normalized spacial score (nSPS) is 10.5. The molecule has 0 amide bonds. The largest absolute Gasteiger partial charge is 0.483 e. The molecule has 0 spiro atoms. The molecule has 1 aromatic rings. The highest BCUT2D eigenvalue weighted by atomic mass is 32.2. The molecule has 5 nitrogen and oxygen atoms in total. The number of thioether (sulfide) groups is 2. The minimum absolute atomic E-state index is 0.352. The van der Waals surface area contributed by atoms with E-state index in [-0.39, 0.29) is 0 Å². The maximum absolute atomic E-state index is 9.09. The Bertz CT molecular complexity index is 456. The van der Waals surface area contributed by atoms with Crippen molar-refractivity contribution in [1.29, 1.82) is 5.26 Å². The predicted octanol–water partition coefficient (Wildman–Crippen LogP) is 2.49. The number of hydrogen-bond donors (Lipinski definition) is 0. The smallest absolute Gasteiger partial charge is 0.190 e. The van der Waals surface area contributed by atoms with Crippen LogP contribution in [0.1, 0.15) is 12.5 Å². The third kappa shape index (κ3) is 3.61. The van der Waals surface area contributed by atoms with Gasteiger partial charge in [0.2, 0.25) is 0 Å². The molecule has 0 saturated carbocycles. The van der Waals surface area contributed by atoms with Crippen molar-refractivity contribution in [2.45, 2.75) is 17.1 Å². The Morgan fingerprint density at radius 3 is 2.71 bits per heavy atom. The minimum atomic E-state index is 0.352. The van der Waals surface area contributed by atoms with E-state index in [1.807, 2.05) is 19.4 Å². The number of ether oxygens (including phenoxy) is 1. The van der Waals surface area contributed by atoms with Crippen LogP contribution in [0.15, 0.2) is 15.2 Å². The van der Waals surface area contributed by atoms with Crippen LogP contribution in [0, 0.1) is 11.3 Å². The summed E-state index contributed by atoms with van der Waals surface area (Å²) < 4.78 is 5.01. The van der Waals surface area contributed by atoms with Gasteiger partial charge in [-0.3, -0.25) is 0 Å². The average Bonchev–Trinajstić information content (AvgIpc) is 2.37. The lowest BCUT2D eigenvalue weighted by Gasteiger charge is -2.04. The van der Waals surface area contributed by atoms with E-state index < -0.39 is 0 Å². The fourth-order valence-corrected chi connectivity index (χ4v) is 1.94. The van der Waals surface area contributed by atoms with Crippen LogP contribution in [0.4, 0.5) is 5.82 Å². The van der Waals surface area contributed by atoms with Gasteiger partial charge in [-0.15, -0.1) is 11.8 Å². The molecule has 0 radical (unpaired) electrons. The quantitative estimate of drug-likeness (QED) is 0.268. The van der Waals surface area contributed by atoms with Crippen molar-refractivity contribution in [3.05, 3.63) is 5.56 Å². The fraction of sp³-hybridized carbons (Fsp3) is 0.400. The van der Waals surface area contributed by atoms with E-state index in [0.717, 1.165) is 0 Å². The molecule has 7 heteroatoms. The number of hydrogen-bond acceptors (Lipinski definition) is 7. The lowest BCUT2D eigenvalue weighted by Crippen LogP contribution is -1.95. The lowest BCUT2D eigenvalue weighted by molar-refractivity contribution is 0.344. The Morgan fingerprint density at radius 1 is 1.41 bits per heavy atom. The highest BCUT2D eigenvalue weighted by molar-refractivity contribution is 7.99. The zero-order chi connectivity index (χ0) is 12.7. The van der Waals surface area contributed by atoms with E-state index in [1.165, 1.54) is 29.9 Å². The molecule has 0 saturated heterocycles. The Labute approximate surface area is 109 Å². The van der Waals surface area contributed by atoms with Gasteiger partial charge in [-0.2, -0.15) is 10.3 Å². The molecular formula is C10H12N4OS2. The van der Waals surface area contributed by atoms with Crippen LogP contribution in [0.25, 0.3) is 0 Å². The van der Waals surface area contributed by atoms with Gasteiger partial charge in [-0.25, -0.2) is 9.97 Å². The molecule has 90 valence electrons.